The third kappa shape index (κ3) is 4.31. The third-order valence-electron chi connectivity index (χ3n) is 9.41. The van der Waals surface area contributed by atoms with E-state index in [0.717, 1.165) is 17.5 Å². The Morgan fingerprint density at radius 1 is 0.870 bits per heavy atom. The van der Waals surface area contributed by atoms with E-state index in [-0.39, 0.29) is 17.5 Å². The standard InChI is InChI=1S/C38H34N2O6/c1-4-21-46-25-15-13-24(14-16-25)34(41)32-33(35(42)28-18-17-26(44-2)22-31(28)45-3)40-20-19-23-9-5-6-10-27(23)36(40)38(32)29-11-7-8-12-30(29)39-37(38)43/h5-20,22,32-33,36H,4,21H2,1-3H3,(H,39,43)/t32-,33+,36-,38-/m1/s1. The van der Waals surface area contributed by atoms with Crippen molar-refractivity contribution >= 4 is 29.2 Å². The minimum absolute atomic E-state index is 0.296. The molecule has 3 aliphatic heterocycles. The van der Waals surface area contributed by atoms with Crippen LogP contribution in [-0.4, -0.2) is 49.2 Å². The molecule has 4 atom stereocenters. The van der Waals surface area contributed by atoms with Crippen LogP contribution in [0.3, 0.4) is 0 Å². The number of fused-ring (bicyclic) bond motifs is 6. The van der Waals surface area contributed by atoms with Gasteiger partial charge in [0.05, 0.1) is 38.3 Å². The van der Waals surface area contributed by atoms with Gasteiger partial charge in [-0.3, -0.25) is 14.4 Å². The summed E-state index contributed by atoms with van der Waals surface area (Å²) < 4.78 is 16.8. The molecule has 0 aliphatic carbocycles. The molecule has 1 fully saturated rings. The Bertz CT molecular complexity index is 1880. The molecule has 1 spiro atoms. The van der Waals surface area contributed by atoms with Gasteiger partial charge in [-0.05, 0) is 71.7 Å². The molecule has 7 rings (SSSR count). The van der Waals surface area contributed by atoms with Crippen LogP contribution in [0.4, 0.5) is 5.69 Å². The summed E-state index contributed by atoms with van der Waals surface area (Å²) in [5.41, 5.74) is 2.39. The quantitative estimate of drug-likeness (QED) is 0.216. The van der Waals surface area contributed by atoms with Gasteiger partial charge in [-0.25, -0.2) is 0 Å². The summed E-state index contributed by atoms with van der Waals surface area (Å²) in [5.74, 6) is -0.547. The zero-order chi connectivity index (χ0) is 32.0. The zero-order valence-electron chi connectivity index (χ0n) is 25.9. The van der Waals surface area contributed by atoms with Crippen LogP contribution in [-0.2, 0) is 10.2 Å². The molecule has 232 valence electrons. The SMILES string of the molecule is CCCOc1ccc(C(=O)[C@H]2[C@@H](C(=O)c3ccc(OC)cc3OC)N3C=Cc4ccccc4[C@@H]3[C@]23C(=O)Nc2ccccc23)cc1. The Morgan fingerprint density at radius 2 is 1.61 bits per heavy atom. The van der Waals surface area contributed by atoms with Crippen molar-refractivity contribution in [3.8, 4) is 17.2 Å². The van der Waals surface area contributed by atoms with Crippen LogP contribution in [0.15, 0.2) is 97.2 Å². The average molecular weight is 615 g/mol. The Hall–Kier alpha value is -5.37. The molecule has 0 saturated carbocycles. The normalized spacial score (nSPS) is 22.1. The Balaban J connectivity index is 1.48. The van der Waals surface area contributed by atoms with E-state index < -0.39 is 23.4 Å². The molecular formula is C38H34N2O6. The number of ketones is 2. The van der Waals surface area contributed by atoms with Crippen LogP contribution >= 0.6 is 0 Å². The second-order valence-corrected chi connectivity index (χ2v) is 11.8. The van der Waals surface area contributed by atoms with E-state index in [9.17, 15) is 9.59 Å². The first-order valence-corrected chi connectivity index (χ1v) is 15.4. The van der Waals surface area contributed by atoms with Gasteiger partial charge in [-0.2, -0.15) is 0 Å². The summed E-state index contributed by atoms with van der Waals surface area (Å²) in [6.07, 6.45) is 4.65. The van der Waals surface area contributed by atoms with Crippen molar-refractivity contribution in [3.05, 3.63) is 125 Å². The minimum Gasteiger partial charge on any atom is -0.497 e. The van der Waals surface area contributed by atoms with Crippen molar-refractivity contribution in [1.29, 1.82) is 0 Å². The zero-order valence-corrected chi connectivity index (χ0v) is 25.9. The number of anilines is 1. The first kappa shape index (κ1) is 29.3. The lowest BCUT2D eigenvalue weighted by atomic mass is 9.62. The summed E-state index contributed by atoms with van der Waals surface area (Å²) in [5, 5.41) is 3.09. The lowest BCUT2D eigenvalue weighted by molar-refractivity contribution is -0.122. The smallest absolute Gasteiger partial charge is 0.238 e. The Labute approximate surface area is 267 Å². The van der Waals surface area contributed by atoms with E-state index in [4.69, 9.17) is 14.2 Å². The fourth-order valence-electron chi connectivity index (χ4n) is 7.44. The second-order valence-electron chi connectivity index (χ2n) is 11.8. The van der Waals surface area contributed by atoms with Gasteiger partial charge in [0.15, 0.2) is 11.6 Å². The molecule has 8 heteroatoms. The molecule has 0 aromatic heterocycles. The number of methoxy groups -OCH3 is 2. The summed E-state index contributed by atoms with van der Waals surface area (Å²) in [7, 11) is 3.04. The van der Waals surface area contributed by atoms with E-state index in [1.165, 1.54) is 7.11 Å². The first-order chi connectivity index (χ1) is 22.4. The predicted molar refractivity (Wildman–Crippen MR) is 175 cm³/mol. The van der Waals surface area contributed by atoms with Gasteiger partial charge in [-0.15, -0.1) is 0 Å². The van der Waals surface area contributed by atoms with Crippen molar-refractivity contribution in [1.82, 2.24) is 4.90 Å². The van der Waals surface area contributed by atoms with Gasteiger partial charge < -0.3 is 24.4 Å². The highest BCUT2D eigenvalue weighted by Crippen LogP contribution is 2.62. The number of para-hydroxylation sites is 1. The number of nitrogens with one attached hydrogen (secondary N) is 1. The summed E-state index contributed by atoms with van der Waals surface area (Å²) >= 11 is 0. The number of rotatable bonds is 9. The lowest BCUT2D eigenvalue weighted by Crippen LogP contribution is -2.49. The highest BCUT2D eigenvalue weighted by molar-refractivity contribution is 6.17. The molecular weight excluding hydrogens is 580 g/mol. The molecule has 3 aliphatic rings. The van der Waals surface area contributed by atoms with E-state index in [0.29, 0.717) is 46.2 Å². The molecule has 0 radical (unpaired) electrons. The van der Waals surface area contributed by atoms with E-state index in [1.54, 1.807) is 49.6 Å². The third-order valence-corrected chi connectivity index (χ3v) is 9.41. The highest BCUT2D eigenvalue weighted by atomic mass is 16.5. The maximum Gasteiger partial charge on any atom is 0.238 e. The predicted octanol–water partition coefficient (Wildman–Crippen LogP) is 6.47. The summed E-state index contributed by atoms with van der Waals surface area (Å²) in [4.78, 5) is 46.6. The summed E-state index contributed by atoms with van der Waals surface area (Å²) in [6.45, 7) is 2.58. The highest BCUT2D eigenvalue weighted by Gasteiger charge is 2.70. The molecule has 1 N–H and O–H groups in total. The number of ether oxygens (including phenoxy) is 3. The number of hydrogen-bond acceptors (Lipinski definition) is 7. The Kier molecular flexibility index (Phi) is 7.35. The van der Waals surface area contributed by atoms with Gasteiger partial charge >= 0.3 is 0 Å². The van der Waals surface area contributed by atoms with Crippen LogP contribution < -0.4 is 19.5 Å². The van der Waals surface area contributed by atoms with Crippen molar-refractivity contribution in [2.75, 3.05) is 26.1 Å². The molecule has 4 aromatic carbocycles. The van der Waals surface area contributed by atoms with Gasteiger partial charge in [0, 0.05) is 23.5 Å². The molecule has 46 heavy (non-hydrogen) atoms. The van der Waals surface area contributed by atoms with Gasteiger partial charge in [-0.1, -0.05) is 49.4 Å². The second kappa shape index (κ2) is 11.5. The maximum atomic E-state index is 15.1. The van der Waals surface area contributed by atoms with E-state index >= 15 is 4.79 Å². The van der Waals surface area contributed by atoms with E-state index in [2.05, 4.69) is 5.32 Å². The van der Waals surface area contributed by atoms with Gasteiger partial charge in [0.25, 0.3) is 0 Å². The Morgan fingerprint density at radius 3 is 2.37 bits per heavy atom. The minimum atomic E-state index is -1.42. The van der Waals surface area contributed by atoms with E-state index in [1.807, 2.05) is 72.6 Å². The topological polar surface area (TPSA) is 94.2 Å². The largest absolute Gasteiger partial charge is 0.497 e. The molecule has 1 saturated heterocycles. The average Bonchev–Trinajstić information content (AvgIpc) is 3.58. The summed E-state index contributed by atoms with van der Waals surface area (Å²) in [6, 6.07) is 25.6. The van der Waals surface area contributed by atoms with Crippen molar-refractivity contribution < 1.29 is 28.6 Å². The van der Waals surface area contributed by atoms with Gasteiger partial charge in [0.2, 0.25) is 5.91 Å². The molecule has 4 aromatic rings. The number of Topliss-reactive ketones (excluding diaryl/α,β-unsaturated/α-hetero) is 2. The first-order valence-electron chi connectivity index (χ1n) is 15.4. The number of nitrogens with zero attached hydrogens (tertiary/aromatic N) is 1. The molecule has 0 bridgehead atoms. The number of hydrogen-bond donors (Lipinski definition) is 1. The van der Waals surface area contributed by atoms with Crippen LogP contribution in [0.5, 0.6) is 17.2 Å². The number of amides is 1. The molecule has 3 heterocycles. The van der Waals surface area contributed by atoms with Crippen LogP contribution in [0, 0.1) is 5.92 Å². The number of benzene rings is 4. The fraction of sp³-hybridized carbons (Fsp3) is 0.237. The molecule has 0 unspecified atom stereocenters. The lowest BCUT2D eigenvalue weighted by Gasteiger charge is -2.38. The molecule has 1 amide bonds. The van der Waals surface area contributed by atoms with Crippen LogP contribution in [0.1, 0.15) is 56.8 Å². The maximum absolute atomic E-state index is 15.1. The van der Waals surface area contributed by atoms with Crippen LogP contribution in [0.2, 0.25) is 0 Å². The number of carbonyl (C=O) groups is 3. The van der Waals surface area contributed by atoms with Gasteiger partial charge in [0.1, 0.15) is 28.7 Å². The van der Waals surface area contributed by atoms with Crippen molar-refractivity contribution in [2.45, 2.75) is 30.8 Å². The number of carbonyl (C=O) groups excluding carboxylic acids is 3. The van der Waals surface area contributed by atoms with Crippen molar-refractivity contribution in [3.63, 3.8) is 0 Å². The van der Waals surface area contributed by atoms with Crippen LogP contribution in [0.25, 0.3) is 6.08 Å². The monoisotopic (exact) mass is 614 g/mol. The fourth-order valence-corrected chi connectivity index (χ4v) is 7.44. The molecule has 8 nitrogen and oxygen atoms in total. The van der Waals surface area contributed by atoms with Crippen molar-refractivity contribution in [2.24, 2.45) is 5.92 Å².